The van der Waals surface area contributed by atoms with E-state index >= 15 is 0 Å². The van der Waals surface area contributed by atoms with E-state index in [1.807, 2.05) is 30.3 Å². The van der Waals surface area contributed by atoms with Gasteiger partial charge in [-0.25, -0.2) is 0 Å². The minimum Gasteiger partial charge on any atom is -0.359 e. The van der Waals surface area contributed by atoms with Gasteiger partial charge >= 0.3 is 0 Å². The van der Waals surface area contributed by atoms with Gasteiger partial charge in [0.15, 0.2) is 11.7 Å². The first-order valence-corrected chi connectivity index (χ1v) is 9.10. The van der Waals surface area contributed by atoms with Crippen molar-refractivity contribution in [1.29, 1.82) is 0 Å². The second-order valence-corrected chi connectivity index (χ2v) is 7.15. The molecule has 0 spiro atoms. The molecule has 6 nitrogen and oxygen atoms in total. The number of aromatic nitrogens is 1. The van der Waals surface area contributed by atoms with E-state index in [-0.39, 0.29) is 30.0 Å². The van der Waals surface area contributed by atoms with Crippen molar-refractivity contribution < 1.29 is 4.52 Å². The lowest BCUT2D eigenvalue weighted by molar-refractivity contribution is 0.298. The van der Waals surface area contributed by atoms with Crippen LogP contribution in [0, 0.1) is 0 Å². The van der Waals surface area contributed by atoms with Crippen molar-refractivity contribution >= 4 is 41.5 Å². The van der Waals surface area contributed by atoms with Crippen molar-refractivity contribution in [1.82, 2.24) is 20.7 Å². The minimum atomic E-state index is 0. The largest absolute Gasteiger partial charge is 0.359 e. The lowest BCUT2D eigenvalue weighted by Gasteiger charge is -2.26. The fourth-order valence-electron chi connectivity index (χ4n) is 2.55. The Bertz CT molecular complexity index is 715. The minimum absolute atomic E-state index is 0. The fourth-order valence-corrected chi connectivity index (χ4v) is 2.68. The van der Waals surface area contributed by atoms with Crippen LogP contribution in [0.1, 0.15) is 42.8 Å². The molecule has 0 amide bonds. The van der Waals surface area contributed by atoms with Crippen LogP contribution in [-0.2, 0) is 6.54 Å². The van der Waals surface area contributed by atoms with Gasteiger partial charge < -0.3 is 20.1 Å². The summed E-state index contributed by atoms with van der Waals surface area (Å²) < 4.78 is 5.35. The van der Waals surface area contributed by atoms with Crippen LogP contribution in [0.4, 0.5) is 0 Å². The quantitative estimate of drug-likeness (QED) is 0.338. The Labute approximate surface area is 183 Å². The van der Waals surface area contributed by atoms with Gasteiger partial charge in [0.25, 0.3) is 0 Å². The summed E-state index contributed by atoms with van der Waals surface area (Å²) in [5.41, 5.74) is 2.15. The molecule has 0 saturated heterocycles. The number of rotatable bonds is 7. The average molecular weight is 506 g/mol. The summed E-state index contributed by atoms with van der Waals surface area (Å²) in [6.07, 6.45) is 0. The topological polar surface area (TPSA) is 65.7 Å². The third-order valence-corrected chi connectivity index (χ3v) is 4.42. The summed E-state index contributed by atoms with van der Waals surface area (Å²) in [6, 6.07) is 10.1. The van der Waals surface area contributed by atoms with Crippen molar-refractivity contribution in [2.24, 2.45) is 4.99 Å². The standard InChI is InChI=1S/C19H28ClN5O.HI/c1-13(2)17-10-16(26-24-17)11-22-19(21-3)23-12-18(25(4)5)14-6-8-15(20)9-7-14;/h6-10,13,18H,11-12H2,1-5H3,(H2,21,22,23);1H. The molecule has 1 heterocycles. The van der Waals surface area contributed by atoms with E-state index in [1.54, 1.807) is 7.05 Å². The molecule has 0 aliphatic heterocycles. The molecule has 2 N–H and O–H groups in total. The van der Waals surface area contributed by atoms with E-state index in [4.69, 9.17) is 16.1 Å². The highest BCUT2D eigenvalue weighted by Gasteiger charge is 2.15. The van der Waals surface area contributed by atoms with Gasteiger partial charge in [-0.05, 0) is 37.7 Å². The number of likely N-dealkylation sites (N-methyl/N-ethyl adjacent to an activating group) is 1. The van der Waals surface area contributed by atoms with Crippen LogP contribution < -0.4 is 10.6 Å². The highest BCUT2D eigenvalue weighted by atomic mass is 127. The van der Waals surface area contributed by atoms with E-state index in [9.17, 15) is 0 Å². The van der Waals surface area contributed by atoms with Gasteiger partial charge in [0.1, 0.15) is 0 Å². The second-order valence-electron chi connectivity index (χ2n) is 6.71. The normalized spacial score (nSPS) is 12.8. The molecule has 0 aliphatic carbocycles. The first-order valence-electron chi connectivity index (χ1n) is 8.72. The number of guanidine groups is 1. The van der Waals surface area contributed by atoms with Crippen LogP contribution in [0.5, 0.6) is 0 Å². The number of benzene rings is 1. The Morgan fingerprint density at radius 1 is 1.22 bits per heavy atom. The van der Waals surface area contributed by atoms with E-state index in [0.29, 0.717) is 25.0 Å². The zero-order valence-electron chi connectivity index (χ0n) is 16.5. The molecule has 1 aromatic carbocycles. The van der Waals surface area contributed by atoms with Crippen LogP contribution in [0.25, 0.3) is 0 Å². The summed E-state index contributed by atoms with van der Waals surface area (Å²) in [6.45, 7) is 5.43. The Balaban J connectivity index is 0.00000364. The fraction of sp³-hybridized carbons (Fsp3) is 0.474. The number of nitrogens with zero attached hydrogens (tertiary/aromatic N) is 3. The molecule has 0 aliphatic rings. The molecule has 1 aromatic heterocycles. The number of aliphatic imine (C=N–C) groups is 1. The molecule has 0 fully saturated rings. The Morgan fingerprint density at radius 2 is 1.89 bits per heavy atom. The lowest BCUT2D eigenvalue weighted by atomic mass is 10.1. The van der Waals surface area contributed by atoms with Gasteiger partial charge in [0, 0.05) is 24.7 Å². The highest BCUT2D eigenvalue weighted by molar-refractivity contribution is 14.0. The molecule has 2 rings (SSSR count). The highest BCUT2D eigenvalue weighted by Crippen LogP contribution is 2.19. The zero-order valence-corrected chi connectivity index (χ0v) is 19.6. The van der Waals surface area contributed by atoms with Crippen LogP contribution in [0.15, 0.2) is 39.8 Å². The smallest absolute Gasteiger partial charge is 0.191 e. The lowest BCUT2D eigenvalue weighted by Crippen LogP contribution is -2.41. The van der Waals surface area contributed by atoms with Crippen molar-refractivity contribution in [3.05, 3.63) is 52.4 Å². The van der Waals surface area contributed by atoms with Gasteiger partial charge in [-0.3, -0.25) is 4.99 Å². The molecule has 8 heteroatoms. The predicted molar refractivity (Wildman–Crippen MR) is 122 cm³/mol. The Morgan fingerprint density at radius 3 is 2.41 bits per heavy atom. The van der Waals surface area contributed by atoms with Crippen molar-refractivity contribution in [3.63, 3.8) is 0 Å². The predicted octanol–water partition coefficient (Wildman–Crippen LogP) is 4.04. The Hall–Kier alpha value is -1.32. The summed E-state index contributed by atoms with van der Waals surface area (Å²) in [4.78, 5) is 6.44. The monoisotopic (exact) mass is 505 g/mol. The van der Waals surface area contributed by atoms with Crippen LogP contribution in [0.3, 0.4) is 0 Å². The molecule has 27 heavy (non-hydrogen) atoms. The van der Waals surface area contributed by atoms with E-state index in [1.165, 1.54) is 5.56 Å². The maximum absolute atomic E-state index is 5.99. The number of halogens is 2. The third kappa shape index (κ3) is 7.31. The maximum Gasteiger partial charge on any atom is 0.191 e. The summed E-state index contributed by atoms with van der Waals surface area (Å²) in [5.74, 6) is 1.86. The van der Waals surface area contributed by atoms with Crippen molar-refractivity contribution in [3.8, 4) is 0 Å². The molecule has 1 unspecified atom stereocenters. The number of hydrogen-bond donors (Lipinski definition) is 2. The number of hydrogen-bond acceptors (Lipinski definition) is 4. The molecule has 0 bridgehead atoms. The van der Waals surface area contributed by atoms with Crippen LogP contribution >= 0.6 is 35.6 Å². The zero-order chi connectivity index (χ0) is 19.1. The molecule has 0 radical (unpaired) electrons. The SMILES string of the molecule is CN=C(NCc1cc(C(C)C)no1)NCC(c1ccc(Cl)cc1)N(C)C.I. The van der Waals surface area contributed by atoms with E-state index in [0.717, 1.165) is 16.5 Å². The van der Waals surface area contributed by atoms with Crippen molar-refractivity contribution in [2.75, 3.05) is 27.7 Å². The van der Waals surface area contributed by atoms with Crippen LogP contribution in [0.2, 0.25) is 5.02 Å². The summed E-state index contributed by atoms with van der Waals surface area (Å²) in [5, 5.41) is 11.4. The van der Waals surface area contributed by atoms with Gasteiger partial charge in [-0.2, -0.15) is 0 Å². The molecule has 1 atom stereocenters. The maximum atomic E-state index is 5.99. The van der Waals surface area contributed by atoms with Gasteiger partial charge in [-0.15, -0.1) is 24.0 Å². The van der Waals surface area contributed by atoms with Gasteiger partial charge in [0.05, 0.1) is 18.3 Å². The average Bonchev–Trinajstić information content (AvgIpc) is 3.08. The van der Waals surface area contributed by atoms with Gasteiger partial charge in [-0.1, -0.05) is 42.7 Å². The molecule has 150 valence electrons. The van der Waals surface area contributed by atoms with Gasteiger partial charge in [0.2, 0.25) is 0 Å². The van der Waals surface area contributed by atoms with Crippen molar-refractivity contribution in [2.45, 2.75) is 32.4 Å². The molecule has 2 aromatic rings. The van der Waals surface area contributed by atoms with E-state index in [2.05, 4.69) is 53.6 Å². The second kappa shape index (κ2) is 11.5. The first kappa shape index (κ1) is 23.7. The first-order chi connectivity index (χ1) is 12.4. The third-order valence-electron chi connectivity index (χ3n) is 4.16. The Kier molecular flexibility index (Phi) is 10.1. The summed E-state index contributed by atoms with van der Waals surface area (Å²) >= 11 is 5.99. The molecule has 0 saturated carbocycles. The number of nitrogens with one attached hydrogen (secondary N) is 2. The van der Waals surface area contributed by atoms with Crippen LogP contribution in [-0.4, -0.2) is 43.7 Å². The summed E-state index contributed by atoms with van der Waals surface area (Å²) in [7, 11) is 5.86. The van der Waals surface area contributed by atoms with E-state index < -0.39 is 0 Å². The molecular weight excluding hydrogens is 477 g/mol. The molecular formula is C19H29ClIN5O.